The molecule has 2 aromatic carbocycles. The molecule has 0 saturated heterocycles. The van der Waals surface area contributed by atoms with Crippen molar-refractivity contribution in [3.63, 3.8) is 0 Å². The summed E-state index contributed by atoms with van der Waals surface area (Å²) in [6.45, 7) is 0. The molecule has 0 heterocycles. The molecule has 1 amide bonds. The molecule has 0 spiro atoms. The molecule has 2 aromatic rings. The first-order chi connectivity index (χ1) is 8.97. The summed E-state index contributed by atoms with van der Waals surface area (Å²) in [5.74, 6) is -0.826. The van der Waals surface area contributed by atoms with Crippen molar-refractivity contribution in [1.29, 1.82) is 0 Å². The molecule has 2 rings (SSSR count). The van der Waals surface area contributed by atoms with Crippen molar-refractivity contribution in [2.24, 2.45) is 0 Å². The molecule has 0 atom stereocenters. The zero-order valence-electron chi connectivity index (χ0n) is 9.58. The number of nitrogens with two attached hydrogens (primary N) is 1. The van der Waals surface area contributed by atoms with Gasteiger partial charge in [-0.15, -0.1) is 0 Å². The number of halogens is 3. The van der Waals surface area contributed by atoms with Gasteiger partial charge in [0, 0.05) is 15.8 Å². The van der Waals surface area contributed by atoms with E-state index in [1.165, 1.54) is 12.1 Å². The van der Waals surface area contributed by atoms with E-state index in [1.807, 2.05) is 0 Å². The molecule has 3 N–H and O–H groups in total. The van der Waals surface area contributed by atoms with E-state index in [2.05, 4.69) is 37.2 Å². The lowest BCUT2D eigenvalue weighted by atomic mass is 10.1. The Morgan fingerprint density at radius 3 is 2.53 bits per heavy atom. The van der Waals surface area contributed by atoms with E-state index in [-0.39, 0.29) is 5.91 Å². The van der Waals surface area contributed by atoms with Crippen molar-refractivity contribution in [1.82, 2.24) is 0 Å². The maximum Gasteiger partial charge on any atom is 0.257 e. The number of nitrogen functional groups attached to an aromatic ring is 1. The van der Waals surface area contributed by atoms with E-state index in [0.717, 1.165) is 4.47 Å². The molecule has 0 bridgehead atoms. The number of hydrogen-bond donors (Lipinski definition) is 2. The molecule has 6 heteroatoms. The van der Waals surface area contributed by atoms with Gasteiger partial charge in [-0.25, -0.2) is 4.39 Å². The number of carbonyl (C=O) groups is 1. The first kappa shape index (κ1) is 14.0. The van der Waals surface area contributed by atoms with E-state index in [4.69, 9.17) is 5.73 Å². The molecule has 0 aliphatic heterocycles. The minimum absolute atomic E-state index is 0.339. The topological polar surface area (TPSA) is 55.1 Å². The van der Waals surface area contributed by atoms with E-state index in [9.17, 15) is 9.18 Å². The van der Waals surface area contributed by atoms with Crippen LogP contribution >= 0.6 is 31.9 Å². The average Bonchev–Trinajstić information content (AvgIpc) is 2.33. The van der Waals surface area contributed by atoms with Gasteiger partial charge < -0.3 is 11.1 Å². The summed E-state index contributed by atoms with van der Waals surface area (Å²) in [5, 5.41) is 2.59. The number of nitrogens with one attached hydrogen (secondary N) is 1. The maximum absolute atomic E-state index is 13.3. The number of amides is 1. The minimum atomic E-state index is -0.443. The van der Waals surface area contributed by atoms with E-state index in [1.54, 1.807) is 24.3 Å². The van der Waals surface area contributed by atoms with Crippen molar-refractivity contribution < 1.29 is 9.18 Å². The number of anilines is 2. The first-order valence-corrected chi connectivity index (χ1v) is 6.87. The molecular weight excluding hydrogens is 379 g/mol. The van der Waals surface area contributed by atoms with Gasteiger partial charge in [0.1, 0.15) is 5.82 Å². The Kier molecular flexibility index (Phi) is 4.21. The molecule has 3 nitrogen and oxygen atoms in total. The summed E-state index contributed by atoms with van der Waals surface area (Å²) in [6, 6.07) is 9.31. The van der Waals surface area contributed by atoms with Crippen molar-refractivity contribution >= 4 is 49.1 Å². The van der Waals surface area contributed by atoms with Gasteiger partial charge in [-0.2, -0.15) is 0 Å². The minimum Gasteiger partial charge on any atom is -0.398 e. The monoisotopic (exact) mass is 386 g/mol. The fourth-order valence-corrected chi connectivity index (χ4v) is 2.14. The summed E-state index contributed by atoms with van der Waals surface area (Å²) in [5.41, 5.74) is 6.82. The maximum atomic E-state index is 13.3. The summed E-state index contributed by atoms with van der Waals surface area (Å²) in [4.78, 5) is 12.0. The molecule has 0 unspecified atom stereocenters. The lowest BCUT2D eigenvalue weighted by Crippen LogP contribution is -2.14. The van der Waals surface area contributed by atoms with Crippen LogP contribution in [-0.2, 0) is 0 Å². The zero-order valence-corrected chi connectivity index (χ0v) is 12.8. The van der Waals surface area contributed by atoms with Gasteiger partial charge >= 0.3 is 0 Å². The van der Waals surface area contributed by atoms with Crippen LogP contribution in [0, 0.1) is 5.82 Å². The molecule has 19 heavy (non-hydrogen) atoms. The molecular formula is C13H9Br2FN2O. The van der Waals surface area contributed by atoms with Crippen LogP contribution in [0.4, 0.5) is 15.8 Å². The Balaban J connectivity index is 2.23. The normalized spacial score (nSPS) is 10.3. The molecule has 0 aliphatic rings. The third-order valence-corrected chi connectivity index (χ3v) is 3.57. The van der Waals surface area contributed by atoms with Crippen LogP contribution in [0.5, 0.6) is 0 Å². The quantitative estimate of drug-likeness (QED) is 0.759. The van der Waals surface area contributed by atoms with Crippen LogP contribution in [0.2, 0.25) is 0 Å². The van der Waals surface area contributed by atoms with E-state index in [0.29, 0.717) is 21.4 Å². The zero-order chi connectivity index (χ0) is 14.0. The van der Waals surface area contributed by atoms with Gasteiger partial charge in [0.05, 0.1) is 10.0 Å². The van der Waals surface area contributed by atoms with Gasteiger partial charge in [0.25, 0.3) is 5.91 Å². The fourth-order valence-electron chi connectivity index (χ4n) is 1.51. The van der Waals surface area contributed by atoms with E-state index >= 15 is 0 Å². The smallest absolute Gasteiger partial charge is 0.257 e. The fraction of sp³-hybridized carbons (Fsp3) is 0. The van der Waals surface area contributed by atoms with Crippen molar-refractivity contribution in [3.8, 4) is 0 Å². The molecule has 0 fully saturated rings. The van der Waals surface area contributed by atoms with Crippen LogP contribution in [0.3, 0.4) is 0 Å². The SMILES string of the molecule is Nc1cc(Br)ccc1C(=O)Nc1ccc(Br)c(F)c1. The van der Waals surface area contributed by atoms with Gasteiger partial charge in [-0.3, -0.25) is 4.79 Å². The summed E-state index contributed by atoms with van der Waals surface area (Å²) in [7, 11) is 0. The van der Waals surface area contributed by atoms with Gasteiger partial charge in [-0.05, 0) is 52.3 Å². The second kappa shape index (κ2) is 5.71. The number of benzene rings is 2. The molecule has 0 aliphatic carbocycles. The standard InChI is InChI=1S/C13H9Br2FN2O/c14-7-1-3-9(12(17)5-7)13(19)18-8-2-4-10(15)11(16)6-8/h1-6H,17H2,(H,18,19). The third kappa shape index (κ3) is 3.33. The molecule has 98 valence electrons. The average molecular weight is 388 g/mol. The lowest BCUT2D eigenvalue weighted by molar-refractivity contribution is 0.102. The summed E-state index contributed by atoms with van der Waals surface area (Å²) >= 11 is 6.31. The van der Waals surface area contributed by atoms with Gasteiger partial charge in [0.2, 0.25) is 0 Å². The van der Waals surface area contributed by atoms with Crippen LogP contribution < -0.4 is 11.1 Å². The highest BCUT2D eigenvalue weighted by molar-refractivity contribution is 9.10. The first-order valence-electron chi connectivity index (χ1n) is 5.29. The van der Waals surface area contributed by atoms with Crippen molar-refractivity contribution in [2.75, 3.05) is 11.1 Å². The summed E-state index contributed by atoms with van der Waals surface area (Å²) < 4.78 is 14.5. The number of rotatable bonds is 2. The Morgan fingerprint density at radius 2 is 1.89 bits per heavy atom. The summed E-state index contributed by atoms with van der Waals surface area (Å²) in [6.07, 6.45) is 0. The molecule has 0 saturated carbocycles. The van der Waals surface area contributed by atoms with Crippen LogP contribution in [0.1, 0.15) is 10.4 Å². The Hall–Kier alpha value is -1.40. The van der Waals surface area contributed by atoms with Crippen LogP contribution in [0.25, 0.3) is 0 Å². The number of carbonyl (C=O) groups excluding carboxylic acids is 1. The Labute approximate surface area is 126 Å². The van der Waals surface area contributed by atoms with Crippen molar-refractivity contribution in [2.45, 2.75) is 0 Å². The second-order valence-electron chi connectivity index (χ2n) is 3.81. The van der Waals surface area contributed by atoms with Gasteiger partial charge in [-0.1, -0.05) is 15.9 Å². The lowest BCUT2D eigenvalue weighted by Gasteiger charge is -2.08. The molecule has 0 radical (unpaired) electrons. The second-order valence-corrected chi connectivity index (χ2v) is 5.58. The number of hydrogen-bond acceptors (Lipinski definition) is 2. The highest BCUT2D eigenvalue weighted by atomic mass is 79.9. The predicted molar refractivity (Wildman–Crippen MR) is 80.6 cm³/mol. The highest BCUT2D eigenvalue weighted by Gasteiger charge is 2.11. The van der Waals surface area contributed by atoms with Crippen LogP contribution in [-0.4, -0.2) is 5.91 Å². The van der Waals surface area contributed by atoms with Crippen LogP contribution in [0.15, 0.2) is 45.3 Å². The largest absolute Gasteiger partial charge is 0.398 e. The van der Waals surface area contributed by atoms with Crippen molar-refractivity contribution in [3.05, 3.63) is 56.7 Å². The predicted octanol–water partition coefficient (Wildman–Crippen LogP) is 4.19. The van der Waals surface area contributed by atoms with Gasteiger partial charge in [0.15, 0.2) is 0 Å². The highest BCUT2D eigenvalue weighted by Crippen LogP contribution is 2.22. The Morgan fingerprint density at radius 1 is 1.16 bits per heavy atom. The Bertz CT molecular complexity index is 647. The third-order valence-electron chi connectivity index (χ3n) is 2.44. The molecule has 0 aromatic heterocycles. The van der Waals surface area contributed by atoms with E-state index < -0.39 is 5.82 Å².